The van der Waals surface area contributed by atoms with Crippen molar-refractivity contribution in [3.8, 4) is 5.75 Å². The Morgan fingerprint density at radius 1 is 1.52 bits per heavy atom. The number of thiazole rings is 1. The largest absolute Gasteiger partial charge is 0.485 e. The first kappa shape index (κ1) is 15.2. The van der Waals surface area contributed by atoms with Gasteiger partial charge in [0.1, 0.15) is 17.4 Å². The zero-order valence-electron chi connectivity index (χ0n) is 11.8. The highest BCUT2D eigenvalue weighted by Gasteiger charge is 2.07. The number of aryl methyl sites for hydroxylation is 1. The summed E-state index contributed by atoms with van der Waals surface area (Å²) in [5.41, 5.74) is 1.70. The molecule has 21 heavy (non-hydrogen) atoms. The van der Waals surface area contributed by atoms with Crippen LogP contribution in [0.3, 0.4) is 0 Å². The van der Waals surface area contributed by atoms with E-state index in [0.29, 0.717) is 18.9 Å². The summed E-state index contributed by atoms with van der Waals surface area (Å²) in [6.07, 6.45) is 3.61. The molecule has 0 saturated carbocycles. The maximum absolute atomic E-state index is 11.6. The van der Waals surface area contributed by atoms with Gasteiger partial charge in [-0.2, -0.15) is 0 Å². The molecule has 0 aliphatic heterocycles. The lowest BCUT2D eigenvalue weighted by Gasteiger charge is -2.03. The van der Waals surface area contributed by atoms with Gasteiger partial charge in [0.2, 0.25) is 5.91 Å². The maximum atomic E-state index is 11.6. The number of nitrogens with zero attached hydrogens (tertiary/aromatic N) is 2. The molecule has 6 heteroatoms. The van der Waals surface area contributed by atoms with Crippen LogP contribution in [0.25, 0.3) is 0 Å². The van der Waals surface area contributed by atoms with Crippen LogP contribution in [0.5, 0.6) is 5.75 Å². The van der Waals surface area contributed by atoms with Gasteiger partial charge >= 0.3 is 0 Å². The standard InChI is InChI=1S/C15H17N3O2S/c1-3-6-16-14(19)7-12-10-21-15(18-12)9-20-13-5-4-11(2)17-8-13/h3-5,8,10H,1,6-7,9H2,2H3,(H,16,19). The maximum Gasteiger partial charge on any atom is 0.226 e. The van der Waals surface area contributed by atoms with E-state index < -0.39 is 0 Å². The number of amides is 1. The van der Waals surface area contributed by atoms with E-state index in [1.165, 1.54) is 11.3 Å². The topological polar surface area (TPSA) is 64.1 Å². The molecule has 2 heterocycles. The van der Waals surface area contributed by atoms with Crippen LogP contribution >= 0.6 is 11.3 Å². The number of carbonyl (C=O) groups excluding carboxylic acids is 1. The van der Waals surface area contributed by atoms with Crippen LogP contribution in [0.15, 0.2) is 36.4 Å². The number of hydrogen-bond acceptors (Lipinski definition) is 5. The van der Waals surface area contributed by atoms with Crippen molar-refractivity contribution in [2.45, 2.75) is 20.0 Å². The first-order valence-electron chi connectivity index (χ1n) is 6.53. The molecule has 0 unspecified atom stereocenters. The van der Waals surface area contributed by atoms with Gasteiger partial charge in [0.05, 0.1) is 18.3 Å². The number of nitrogens with one attached hydrogen (secondary N) is 1. The van der Waals surface area contributed by atoms with Crippen molar-refractivity contribution in [1.29, 1.82) is 0 Å². The van der Waals surface area contributed by atoms with Crippen LogP contribution in [-0.4, -0.2) is 22.4 Å². The molecule has 1 N–H and O–H groups in total. The highest BCUT2D eigenvalue weighted by Crippen LogP contribution is 2.15. The Balaban J connectivity index is 1.84. The number of carbonyl (C=O) groups is 1. The minimum Gasteiger partial charge on any atom is -0.485 e. The molecule has 5 nitrogen and oxygen atoms in total. The fraction of sp³-hybridized carbons (Fsp3) is 0.267. The van der Waals surface area contributed by atoms with E-state index >= 15 is 0 Å². The van der Waals surface area contributed by atoms with E-state index in [1.54, 1.807) is 12.3 Å². The van der Waals surface area contributed by atoms with E-state index in [-0.39, 0.29) is 12.3 Å². The SMILES string of the molecule is C=CCNC(=O)Cc1csc(COc2ccc(C)nc2)n1. The van der Waals surface area contributed by atoms with Crippen molar-refractivity contribution < 1.29 is 9.53 Å². The monoisotopic (exact) mass is 303 g/mol. The van der Waals surface area contributed by atoms with Gasteiger partial charge < -0.3 is 10.1 Å². The van der Waals surface area contributed by atoms with Crippen molar-refractivity contribution in [3.05, 3.63) is 52.8 Å². The Bertz CT molecular complexity index is 608. The minimum atomic E-state index is -0.0598. The Morgan fingerprint density at radius 2 is 2.38 bits per heavy atom. The van der Waals surface area contributed by atoms with Gasteiger partial charge in [0.25, 0.3) is 0 Å². The average molecular weight is 303 g/mol. The lowest BCUT2D eigenvalue weighted by atomic mass is 10.3. The molecule has 2 aromatic heterocycles. The second-order valence-corrected chi connectivity index (χ2v) is 5.37. The normalized spacial score (nSPS) is 10.1. The molecule has 0 bridgehead atoms. The first-order valence-corrected chi connectivity index (χ1v) is 7.41. The van der Waals surface area contributed by atoms with Crippen LogP contribution in [-0.2, 0) is 17.8 Å². The molecule has 2 aromatic rings. The van der Waals surface area contributed by atoms with Crippen molar-refractivity contribution >= 4 is 17.2 Å². The highest BCUT2D eigenvalue weighted by atomic mass is 32.1. The molecule has 0 aromatic carbocycles. The Hall–Kier alpha value is -2.21. The van der Waals surface area contributed by atoms with Gasteiger partial charge in [-0.15, -0.1) is 17.9 Å². The zero-order valence-corrected chi connectivity index (χ0v) is 12.7. The number of hydrogen-bond donors (Lipinski definition) is 1. The van der Waals surface area contributed by atoms with Gasteiger partial charge in [0, 0.05) is 17.6 Å². The van der Waals surface area contributed by atoms with Gasteiger partial charge in [-0.05, 0) is 19.1 Å². The summed E-state index contributed by atoms with van der Waals surface area (Å²) in [5.74, 6) is 0.650. The summed E-state index contributed by atoms with van der Waals surface area (Å²) >= 11 is 1.48. The quantitative estimate of drug-likeness (QED) is 0.797. The smallest absolute Gasteiger partial charge is 0.226 e. The summed E-state index contributed by atoms with van der Waals surface area (Å²) in [4.78, 5) is 20.1. The lowest BCUT2D eigenvalue weighted by Crippen LogP contribution is -2.25. The summed E-state index contributed by atoms with van der Waals surface area (Å²) in [5, 5.41) is 5.43. The molecule has 0 aliphatic rings. The summed E-state index contributed by atoms with van der Waals surface area (Å²) in [6.45, 7) is 6.33. The Kier molecular flexibility index (Phi) is 5.45. The van der Waals surface area contributed by atoms with E-state index in [4.69, 9.17) is 4.74 Å². The molecular weight excluding hydrogens is 286 g/mol. The lowest BCUT2D eigenvalue weighted by molar-refractivity contribution is -0.120. The van der Waals surface area contributed by atoms with Crippen LogP contribution in [0, 0.1) is 6.92 Å². The third-order valence-electron chi connectivity index (χ3n) is 2.63. The summed E-state index contributed by atoms with van der Waals surface area (Å²) in [7, 11) is 0. The van der Waals surface area contributed by atoms with Crippen LogP contribution in [0.1, 0.15) is 16.4 Å². The Labute approximate surface area is 127 Å². The predicted octanol–water partition coefficient (Wildman–Crippen LogP) is 2.27. The summed E-state index contributed by atoms with van der Waals surface area (Å²) < 4.78 is 5.60. The van der Waals surface area contributed by atoms with Crippen molar-refractivity contribution in [3.63, 3.8) is 0 Å². The third-order valence-corrected chi connectivity index (χ3v) is 3.50. The number of ether oxygens (including phenoxy) is 1. The summed E-state index contributed by atoms with van der Waals surface area (Å²) in [6, 6.07) is 3.77. The zero-order chi connectivity index (χ0) is 15.1. The van der Waals surface area contributed by atoms with Gasteiger partial charge in [-0.25, -0.2) is 4.98 Å². The molecule has 0 atom stereocenters. The van der Waals surface area contributed by atoms with E-state index in [9.17, 15) is 4.79 Å². The first-order chi connectivity index (χ1) is 10.2. The molecular formula is C15H17N3O2S. The molecule has 2 rings (SSSR count). The van der Waals surface area contributed by atoms with E-state index in [1.807, 2.05) is 24.4 Å². The molecule has 0 saturated heterocycles. The number of aromatic nitrogens is 2. The molecule has 0 spiro atoms. The fourth-order valence-corrected chi connectivity index (χ4v) is 2.30. The van der Waals surface area contributed by atoms with Crippen LogP contribution in [0.2, 0.25) is 0 Å². The van der Waals surface area contributed by atoms with Gasteiger partial charge in [-0.3, -0.25) is 9.78 Å². The molecule has 110 valence electrons. The average Bonchev–Trinajstić information content (AvgIpc) is 2.92. The van der Waals surface area contributed by atoms with Gasteiger partial charge in [-0.1, -0.05) is 6.08 Å². The Morgan fingerprint density at radius 3 is 3.10 bits per heavy atom. The van der Waals surface area contributed by atoms with Gasteiger partial charge in [0.15, 0.2) is 0 Å². The highest BCUT2D eigenvalue weighted by molar-refractivity contribution is 7.09. The molecule has 0 aliphatic carbocycles. The van der Waals surface area contributed by atoms with Crippen molar-refractivity contribution in [2.75, 3.05) is 6.54 Å². The van der Waals surface area contributed by atoms with Crippen LogP contribution < -0.4 is 10.1 Å². The molecule has 0 fully saturated rings. The number of rotatable bonds is 7. The third kappa shape index (κ3) is 5.00. The van der Waals surface area contributed by atoms with Crippen molar-refractivity contribution in [1.82, 2.24) is 15.3 Å². The van der Waals surface area contributed by atoms with E-state index in [2.05, 4.69) is 21.9 Å². The second-order valence-electron chi connectivity index (χ2n) is 4.43. The number of pyridine rings is 1. The minimum absolute atomic E-state index is 0.0598. The second kappa shape index (κ2) is 7.54. The van der Waals surface area contributed by atoms with E-state index in [0.717, 1.165) is 16.4 Å². The molecule has 1 amide bonds. The van der Waals surface area contributed by atoms with Crippen LogP contribution in [0.4, 0.5) is 0 Å². The van der Waals surface area contributed by atoms with Crippen molar-refractivity contribution in [2.24, 2.45) is 0 Å². The fourth-order valence-electron chi connectivity index (χ4n) is 1.59. The predicted molar refractivity (Wildman–Crippen MR) is 82.3 cm³/mol. The molecule has 0 radical (unpaired) electrons.